The van der Waals surface area contributed by atoms with E-state index in [2.05, 4.69) is 190 Å². The lowest BCUT2D eigenvalue weighted by molar-refractivity contribution is 0.0750. The van der Waals surface area contributed by atoms with Gasteiger partial charge in [-0.15, -0.1) is 0 Å². The van der Waals surface area contributed by atoms with Gasteiger partial charge in [0.1, 0.15) is 92.1 Å². The van der Waals surface area contributed by atoms with Crippen LogP contribution in [0.25, 0.3) is 24.3 Å². The Balaban J connectivity index is 0.000000284. The fourth-order valence-electron chi connectivity index (χ4n) is 16.4. The highest BCUT2D eigenvalue weighted by Gasteiger charge is 2.44. The molecule has 139 heavy (non-hydrogen) atoms. The highest BCUT2D eigenvalue weighted by molar-refractivity contribution is 5.75. The van der Waals surface area contributed by atoms with Crippen molar-refractivity contribution in [2.75, 3.05) is 108 Å². The molecule has 21 nitrogen and oxygen atoms in total. The van der Waals surface area contributed by atoms with E-state index in [1.165, 1.54) is 62.7 Å². The van der Waals surface area contributed by atoms with Crippen molar-refractivity contribution in [1.29, 1.82) is 42.1 Å². The first-order valence-corrected chi connectivity index (χ1v) is 49.1. The molecule has 5 aromatic rings. The van der Waals surface area contributed by atoms with Gasteiger partial charge in [-0.05, 0) is 176 Å². The normalized spacial score (nSPS) is 16.9. The van der Waals surface area contributed by atoms with E-state index in [-0.39, 0.29) is 0 Å². The fraction of sp³-hybridized carbons (Fsp3) is 0.441. The molecule has 0 saturated carbocycles. The molecule has 0 aromatic heterocycles. The van der Waals surface area contributed by atoms with Gasteiger partial charge in [-0.2, -0.15) is 42.1 Å². The highest BCUT2D eigenvalue weighted by atomic mass is 16.5. The topological polar surface area (TPSA) is 286 Å². The fourth-order valence-corrected chi connectivity index (χ4v) is 16.4. The second kappa shape index (κ2) is 57.1. The predicted molar refractivity (Wildman–Crippen MR) is 565 cm³/mol. The Morgan fingerprint density at radius 1 is 0.295 bits per heavy atom. The van der Waals surface area contributed by atoms with Crippen molar-refractivity contribution in [1.82, 2.24) is 0 Å². The Morgan fingerprint density at radius 2 is 0.547 bits per heavy atom. The lowest BCUT2D eigenvalue weighted by Gasteiger charge is -2.27. The van der Waals surface area contributed by atoms with Crippen LogP contribution in [0.15, 0.2) is 236 Å². The number of rotatable bonds is 44. The van der Waals surface area contributed by atoms with Crippen molar-refractivity contribution in [2.24, 2.45) is 0 Å². The monoisotopic (exact) mass is 1880 g/mol. The summed E-state index contributed by atoms with van der Waals surface area (Å²) in [7, 11) is 8.38. The summed E-state index contributed by atoms with van der Waals surface area (Å²) < 4.78 is 52.9. The van der Waals surface area contributed by atoms with Crippen LogP contribution < -0.4 is 43.3 Å². The molecule has 1 atom stereocenters. The van der Waals surface area contributed by atoms with E-state index in [4.69, 9.17) is 42.6 Å². The van der Waals surface area contributed by atoms with Crippen LogP contribution in [0.3, 0.4) is 0 Å². The summed E-state index contributed by atoms with van der Waals surface area (Å²) in [5.74, 6) is 5.24. The number of hydrogen-bond acceptors (Lipinski definition) is 21. The van der Waals surface area contributed by atoms with Crippen molar-refractivity contribution in [3.8, 4) is 77.3 Å². The Morgan fingerprint density at radius 3 is 0.827 bits per heavy atom. The van der Waals surface area contributed by atoms with E-state index in [1.54, 1.807) is 63.2 Å². The molecule has 734 valence electrons. The number of ether oxygens (including phenoxy) is 9. The number of methoxy groups -OCH3 is 5. The zero-order chi connectivity index (χ0) is 102. The third-order valence-electron chi connectivity index (χ3n) is 24.7. The molecule has 0 aliphatic carbocycles. The van der Waals surface area contributed by atoms with E-state index in [9.17, 15) is 42.1 Å². The number of hydrogen-bond donors (Lipinski definition) is 0. The van der Waals surface area contributed by atoms with Crippen LogP contribution in [0.1, 0.15) is 262 Å². The van der Waals surface area contributed by atoms with Crippen LogP contribution >= 0.6 is 0 Å². The van der Waals surface area contributed by atoms with E-state index in [1.807, 2.05) is 152 Å². The quantitative estimate of drug-likeness (QED) is 0.0259. The Bertz CT molecular complexity index is 5630. The summed E-state index contributed by atoms with van der Waals surface area (Å²) in [6.07, 6.45) is 41.5. The molecule has 1 unspecified atom stereocenters. The number of allylic oxidation sites excluding steroid dienone is 12. The van der Waals surface area contributed by atoms with Crippen LogP contribution in [0.4, 0.5) is 22.7 Å². The van der Waals surface area contributed by atoms with Crippen LogP contribution in [0.5, 0.6) is 28.7 Å². The molecule has 9 rings (SSSR count). The lowest BCUT2D eigenvalue weighted by Crippen LogP contribution is -2.25. The van der Waals surface area contributed by atoms with Crippen LogP contribution in [-0.4, -0.2) is 105 Å². The SMILES string of the molecule is CCCCN(CCCC)c1cc(OC)c(/C=C/C2=C(C#N)C(=C(/C)C#N)/OC2(C)C)c(OC)c1.CCCCN(CCCC)c1ccc(/C=C/C2=C(C#N)C(=C(/C)C#N)/OC2(C)c2ccccc2)c(OC)c1.CCCCN(CCCC)c1ccc(/C=C/C=C/C2=C(C#N)C(=C(/C)C#N)/OC2(C)C)c(OC)c1.CCCCN(CCCC)c1ccc(/C=C/C=C/C2=C(C#N)C(=C(/C)C#N)/OC2(C)C)c(OC)c1. The Labute approximate surface area is 831 Å². The van der Waals surface area contributed by atoms with Gasteiger partial charge in [0.05, 0.1) is 87.7 Å². The molecule has 0 radical (unpaired) electrons. The molecule has 21 heteroatoms. The van der Waals surface area contributed by atoms with Gasteiger partial charge < -0.3 is 62.2 Å². The maximum atomic E-state index is 10.1. The first-order chi connectivity index (χ1) is 66.8. The van der Waals surface area contributed by atoms with E-state index in [0.29, 0.717) is 90.3 Å². The number of benzene rings is 5. The number of unbranched alkanes of at least 4 members (excludes halogenated alkanes) is 8. The lowest BCUT2D eigenvalue weighted by atomic mass is 9.86. The van der Waals surface area contributed by atoms with Gasteiger partial charge in [0.15, 0.2) is 28.6 Å². The summed E-state index contributed by atoms with van der Waals surface area (Å²) >= 11 is 0. The van der Waals surface area contributed by atoms with Crippen molar-refractivity contribution >= 4 is 47.1 Å². The zero-order valence-corrected chi connectivity index (χ0v) is 87.2. The summed E-state index contributed by atoms with van der Waals surface area (Å²) in [5.41, 5.74) is 12.3. The molecule has 0 bridgehead atoms. The Hall–Kier alpha value is -14.2. The summed E-state index contributed by atoms with van der Waals surface area (Å²) in [5, 5.41) is 76.5. The van der Waals surface area contributed by atoms with Crippen molar-refractivity contribution in [3.63, 3.8) is 0 Å². The zero-order valence-electron chi connectivity index (χ0n) is 87.2. The summed E-state index contributed by atoms with van der Waals surface area (Å²) in [6, 6.07) is 50.2. The van der Waals surface area contributed by atoms with E-state index in [0.717, 1.165) is 171 Å². The largest absolute Gasteiger partial charge is 0.496 e. The first kappa shape index (κ1) is 114. The number of nitrogens with zero attached hydrogens (tertiary/aromatic N) is 12. The van der Waals surface area contributed by atoms with Crippen molar-refractivity contribution < 1.29 is 42.6 Å². The summed E-state index contributed by atoms with van der Waals surface area (Å²) in [4.78, 5) is 9.69. The minimum atomic E-state index is -0.902. The van der Waals surface area contributed by atoms with Gasteiger partial charge in [0.2, 0.25) is 0 Å². The maximum Gasteiger partial charge on any atom is 0.158 e. The third kappa shape index (κ3) is 30.6. The van der Waals surface area contributed by atoms with Crippen LogP contribution in [0.2, 0.25) is 0 Å². The molecule has 0 saturated heterocycles. The van der Waals surface area contributed by atoms with E-state index >= 15 is 0 Å². The smallest absolute Gasteiger partial charge is 0.158 e. The molecule has 0 spiro atoms. The minimum absolute atomic E-state index is 0.334. The highest BCUT2D eigenvalue weighted by Crippen LogP contribution is 2.49. The third-order valence-corrected chi connectivity index (χ3v) is 24.7. The molecule has 0 N–H and O–H groups in total. The maximum absolute atomic E-state index is 10.1. The second-order valence-corrected chi connectivity index (χ2v) is 36.1. The van der Waals surface area contributed by atoms with Gasteiger partial charge in [0.25, 0.3) is 0 Å². The van der Waals surface area contributed by atoms with Gasteiger partial charge in [-0.1, -0.05) is 204 Å². The molecule has 5 aromatic carbocycles. The molecule has 4 aliphatic heterocycles. The van der Waals surface area contributed by atoms with Gasteiger partial charge in [0, 0.05) is 144 Å². The molecule has 0 amide bonds. The van der Waals surface area contributed by atoms with Gasteiger partial charge in [-0.3, -0.25) is 0 Å². The van der Waals surface area contributed by atoms with Crippen LogP contribution in [0, 0.1) is 90.6 Å². The van der Waals surface area contributed by atoms with Gasteiger partial charge >= 0.3 is 0 Å². The first-order valence-electron chi connectivity index (χ1n) is 49.1. The molecular formula is C118H148N12O9. The predicted octanol–water partition coefficient (Wildman–Crippen LogP) is 28.4. The molecule has 0 fully saturated rings. The van der Waals surface area contributed by atoms with E-state index < -0.39 is 22.4 Å². The molecule has 4 heterocycles. The van der Waals surface area contributed by atoms with Crippen LogP contribution in [-0.2, 0) is 24.5 Å². The van der Waals surface area contributed by atoms with Crippen molar-refractivity contribution in [3.05, 3.63) is 263 Å². The molecular weight excluding hydrogens is 1730 g/mol. The Kier molecular flexibility index (Phi) is 46.6. The standard InChI is InChI=1S/C32H37N3O2.2C29H37N3O2.C28H37N3O3/c1-6-8-19-35(20-9-7-2)27-17-15-25(30(21-27)36-5)16-18-29-28(23-34)31(24(3)22-33)37-32(29,4)26-13-11-10-12-14-26;2*1-7-9-17-32(18-10-8-2)24-16-15-23(27(19-24)33-6)13-11-12-14-26-25(21-31)28(22(3)20-30)34-29(26,4)5;1-8-10-14-31(15-11-9-2)21-16-25(32-6)22(26(17-21)33-7)12-13-24-23(19-30)27(20(3)18-29)34-28(24,4)5/h10-18,21H,6-9,19-20H2,1-5H3;2*11-16,19H,7-10,17-18H2,1-6H3;12-13,16-17H,8-11,14-15H2,1-7H3/b18-16+,31-24+;2*13-11+,14-12+,28-22+;13-12+,27-20+. The van der Waals surface area contributed by atoms with Gasteiger partial charge in [-0.25, -0.2) is 0 Å². The number of nitriles is 8. The van der Waals surface area contributed by atoms with Crippen molar-refractivity contribution in [2.45, 2.75) is 257 Å². The second-order valence-electron chi connectivity index (χ2n) is 36.1. The molecule has 4 aliphatic rings. The minimum Gasteiger partial charge on any atom is -0.496 e. The number of anilines is 4. The summed E-state index contributed by atoms with van der Waals surface area (Å²) in [6.45, 7) is 45.9. The average Bonchev–Trinajstić information content (AvgIpc) is 1.60. The average molecular weight is 1880 g/mol.